The molecule has 1 aliphatic rings. The highest BCUT2D eigenvalue weighted by Gasteiger charge is 2.42. The minimum Gasteiger partial charge on any atom is -0.497 e. The Kier molecular flexibility index (Phi) is 7.83. The van der Waals surface area contributed by atoms with Gasteiger partial charge in [0.15, 0.2) is 0 Å². The number of amides is 1. The monoisotopic (exact) mass is 438 g/mol. The van der Waals surface area contributed by atoms with Crippen molar-refractivity contribution in [3.8, 4) is 11.5 Å². The van der Waals surface area contributed by atoms with Crippen LogP contribution in [0.15, 0.2) is 42.5 Å². The number of methoxy groups -OCH3 is 2. The molecule has 5 heteroatoms. The minimum absolute atomic E-state index is 0.183. The predicted octanol–water partition coefficient (Wildman–Crippen LogP) is 4.67. The molecule has 0 saturated carbocycles. The van der Waals surface area contributed by atoms with E-state index < -0.39 is 0 Å². The number of hydrogen-bond donors (Lipinski definition) is 0. The Morgan fingerprint density at radius 2 is 1.78 bits per heavy atom. The first-order valence-corrected chi connectivity index (χ1v) is 11.6. The van der Waals surface area contributed by atoms with Gasteiger partial charge in [-0.1, -0.05) is 25.1 Å². The van der Waals surface area contributed by atoms with Gasteiger partial charge in [0.1, 0.15) is 11.5 Å². The molecule has 2 atom stereocenters. The van der Waals surface area contributed by atoms with E-state index in [0.717, 1.165) is 42.9 Å². The molecule has 0 spiro atoms. The van der Waals surface area contributed by atoms with Gasteiger partial charge in [-0.3, -0.25) is 4.79 Å². The van der Waals surface area contributed by atoms with Crippen molar-refractivity contribution >= 4 is 5.91 Å². The van der Waals surface area contributed by atoms with Gasteiger partial charge in [-0.2, -0.15) is 0 Å². The Labute approximate surface area is 193 Å². The Balaban J connectivity index is 1.88. The number of carbonyl (C=O) groups is 1. The summed E-state index contributed by atoms with van der Waals surface area (Å²) in [7, 11) is 7.46. The summed E-state index contributed by atoms with van der Waals surface area (Å²) in [6.07, 6.45) is 3.39. The van der Waals surface area contributed by atoms with Crippen molar-refractivity contribution in [3.05, 3.63) is 59.2 Å². The van der Waals surface area contributed by atoms with Crippen LogP contribution in [0.25, 0.3) is 0 Å². The maximum atomic E-state index is 13.5. The van der Waals surface area contributed by atoms with Crippen molar-refractivity contribution in [2.24, 2.45) is 0 Å². The predicted molar refractivity (Wildman–Crippen MR) is 129 cm³/mol. The maximum absolute atomic E-state index is 13.5. The molecule has 3 rings (SSSR count). The second-order valence-electron chi connectivity index (χ2n) is 9.22. The second-order valence-corrected chi connectivity index (χ2v) is 9.22. The zero-order valence-electron chi connectivity index (χ0n) is 20.5. The molecule has 2 aromatic rings. The number of rotatable bonds is 8. The number of likely N-dealkylation sites (tertiary alicyclic amines) is 1. The van der Waals surface area contributed by atoms with Crippen molar-refractivity contribution in [3.63, 3.8) is 0 Å². The lowest BCUT2D eigenvalue weighted by molar-refractivity contribution is -0.132. The first kappa shape index (κ1) is 24.1. The van der Waals surface area contributed by atoms with Gasteiger partial charge < -0.3 is 19.3 Å². The molecule has 1 aliphatic heterocycles. The van der Waals surface area contributed by atoms with E-state index in [1.165, 1.54) is 11.1 Å². The van der Waals surface area contributed by atoms with Crippen LogP contribution in [0, 0.1) is 0 Å². The summed E-state index contributed by atoms with van der Waals surface area (Å²) in [6, 6.07) is 14.7. The van der Waals surface area contributed by atoms with E-state index in [-0.39, 0.29) is 11.3 Å². The second kappa shape index (κ2) is 10.4. The number of ether oxygens (including phenoxy) is 2. The van der Waals surface area contributed by atoms with Crippen LogP contribution in [0.4, 0.5) is 0 Å². The molecule has 0 radical (unpaired) electrons. The van der Waals surface area contributed by atoms with Gasteiger partial charge in [0.25, 0.3) is 0 Å². The molecule has 0 N–H and O–H groups in total. The van der Waals surface area contributed by atoms with E-state index in [9.17, 15) is 4.79 Å². The summed E-state index contributed by atoms with van der Waals surface area (Å²) in [4.78, 5) is 17.8. The molecule has 5 nitrogen and oxygen atoms in total. The van der Waals surface area contributed by atoms with Crippen LogP contribution in [0.1, 0.15) is 49.8 Å². The Morgan fingerprint density at radius 3 is 2.38 bits per heavy atom. The molecule has 0 bridgehead atoms. The van der Waals surface area contributed by atoms with Gasteiger partial charge in [-0.15, -0.1) is 0 Å². The molecule has 1 heterocycles. The summed E-state index contributed by atoms with van der Waals surface area (Å²) in [5, 5.41) is 0. The number of aryl methyl sites for hydroxylation is 1. The average molecular weight is 439 g/mol. The summed E-state index contributed by atoms with van der Waals surface area (Å²) in [5.41, 5.74) is 3.51. The fraction of sp³-hybridized carbons (Fsp3) is 0.519. The van der Waals surface area contributed by atoms with Crippen LogP contribution in [0.2, 0.25) is 0 Å². The van der Waals surface area contributed by atoms with Crippen molar-refractivity contribution in [1.29, 1.82) is 0 Å². The van der Waals surface area contributed by atoms with Gasteiger partial charge in [-0.25, -0.2) is 0 Å². The zero-order valence-corrected chi connectivity index (χ0v) is 20.5. The summed E-state index contributed by atoms with van der Waals surface area (Å²) in [6.45, 7) is 6.03. The number of carbonyl (C=O) groups excluding carboxylic acids is 1. The van der Waals surface area contributed by atoms with E-state index >= 15 is 0 Å². The normalized spacial score (nSPS) is 21.2. The lowest BCUT2D eigenvalue weighted by atomic mass is 9.66. The fourth-order valence-corrected chi connectivity index (χ4v) is 4.94. The molecule has 1 saturated heterocycles. The number of hydrogen-bond acceptors (Lipinski definition) is 4. The van der Waals surface area contributed by atoms with E-state index in [4.69, 9.17) is 9.47 Å². The van der Waals surface area contributed by atoms with Gasteiger partial charge in [0.05, 0.1) is 14.2 Å². The zero-order chi connectivity index (χ0) is 23.3. The van der Waals surface area contributed by atoms with E-state index in [2.05, 4.69) is 37.9 Å². The van der Waals surface area contributed by atoms with Gasteiger partial charge in [0.2, 0.25) is 5.91 Å². The topological polar surface area (TPSA) is 42.0 Å². The molecular weight excluding hydrogens is 400 g/mol. The molecule has 2 aromatic carbocycles. The Bertz CT molecular complexity index is 912. The summed E-state index contributed by atoms with van der Waals surface area (Å²) >= 11 is 0. The third-order valence-electron chi connectivity index (χ3n) is 7.15. The quantitative estimate of drug-likeness (QED) is 0.601. The first-order valence-electron chi connectivity index (χ1n) is 11.6. The number of benzene rings is 2. The molecule has 32 heavy (non-hydrogen) atoms. The van der Waals surface area contributed by atoms with Crippen LogP contribution < -0.4 is 9.47 Å². The standard InChI is InChI=1S/C27H38N2O3/c1-7-22-10-13-24(32-6)16-25(22)27(14-15-28(3)20(2)17-27)18-26(30)29(4)19-21-8-11-23(31-5)12-9-21/h8-13,16,20H,7,14-15,17-19H2,1-6H3/t20?,27-/m1/s1. The highest BCUT2D eigenvalue weighted by Crippen LogP contribution is 2.44. The fourth-order valence-electron chi connectivity index (χ4n) is 4.94. The van der Waals surface area contributed by atoms with Gasteiger partial charge in [0, 0.05) is 31.5 Å². The molecule has 0 aliphatic carbocycles. The first-order chi connectivity index (χ1) is 15.3. The van der Waals surface area contributed by atoms with Crippen LogP contribution in [0.3, 0.4) is 0 Å². The average Bonchev–Trinajstić information content (AvgIpc) is 2.81. The van der Waals surface area contributed by atoms with Crippen molar-refractivity contribution in [2.45, 2.75) is 57.5 Å². The third-order valence-corrected chi connectivity index (χ3v) is 7.15. The highest BCUT2D eigenvalue weighted by atomic mass is 16.5. The third kappa shape index (κ3) is 5.26. The van der Waals surface area contributed by atoms with Crippen molar-refractivity contribution in [2.75, 3.05) is 34.9 Å². The molecule has 1 fully saturated rings. The highest BCUT2D eigenvalue weighted by molar-refractivity contribution is 5.78. The minimum atomic E-state index is -0.183. The molecule has 1 unspecified atom stereocenters. The maximum Gasteiger partial charge on any atom is 0.223 e. The smallest absolute Gasteiger partial charge is 0.223 e. The molecular formula is C27H38N2O3. The summed E-state index contributed by atoms with van der Waals surface area (Å²) in [5.74, 6) is 1.87. The van der Waals surface area contributed by atoms with Crippen LogP contribution in [-0.4, -0.2) is 56.6 Å². The van der Waals surface area contributed by atoms with Crippen LogP contribution in [0.5, 0.6) is 11.5 Å². The SMILES string of the molecule is CCc1ccc(OC)cc1[C@]1(CC(=O)N(C)Cc2ccc(OC)cc2)CCN(C)C(C)C1. The van der Waals surface area contributed by atoms with E-state index in [1.807, 2.05) is 42.3 Å². The largest absolute Gasteiger partial charge is 0.497 e. The number of nitrogens with zero attached hydrogens (tertiary/aromatic N) is 2. The van der Waals surface area contributed by atoms with Crippen molar-refractivity contribution in [1.82, 2.24) is 9.80 Å². The lowest BCUT2D eigenvalue weighted by Crippen LogP contribution is -2.48. The Hall–Kier alpha value is -2.53. The lowest BCUT2D eigenvalue weighted by Gasteiger charge is -2.46. The van der Waals surface area contributed by atoms with Crippen LogP contribution in [-0.2, 0) is 23.2 Å². The van der Waals surface area contributed by atoms with Crippen molar-refractivity contribution < 1.29 is 14.3 Å². The van der Waals surface area contributed by atoms with Crippen LogP contribution >= 0.6 is 0 Å². The Morgan fingerprint density at radius 1 is 1.12 bits per heavy atom. The molecule has 174 valence electrons. The summed E-state index contributed by atoms with van der Waals surface area (Å²) < 4.78 is 10.8. The molecule has 1 amide bonds. The van der Waals surface area contributed by atoms with Gasteiger partial charge >= 0.3 is 0 Å². The number of piperidine rings is 1. The van der Waals surface area contributed by atoms with E-state index in [1.54, 1.807) is 14.2 Å². The molecule has 0 aromatic heterocycles. The van der Waals surface area contributed by atoms with E-state index in [0.29, 0.717) is 19.0 Å². The van der Waals surface area contributed by atoms with Gasteiger partial charge in [-0.05, 0) is 80.7 Å².